The highest BCUT2D eigenvalue weighted by molar-refractivity contribution is 7.80. The molecule has 0 spiro atoms. The number of nitrogens with two attached hydrogens (primary N) is 2. The highest BCUT2D eigenvalue weighted by Gasteiger charge is 2.24. The summed E-state index contributed by atoms with van der Waals surface area (Å²) < 4.78 is 5.95. The topological polar surface area (TPSA) is 94.6 Å². The Morgan fingerprint density at radius 1 is 1.19 bits per heavy atom. The van der Waals surface area contributed by atoms with Crippen molar-refractivity contribution in [2.75, 3.05) is 0 Å². The van der Waals surface area contributed by atoms with Gasteiger partial charge < -0.3 is 15.9 Å². The molecule has 0 atom stereocenters. The second kappa shape index (κ2) is 6.66. The average molecular weight is 383 g/mol. The first-order chi connectivity index (χ1) is 12.5. The molecule has 4 N–H and O–H groups in total. The summed E-state index contributed by atoms with van der Waals surface area (Å²) in [5.41, 5.74) is 14.6. The zero-order valence-electron chi connectivity index (χ0n) is 14.0. The fraction of sp³-hybridized carbons (Fsp3) is 0.211. The second-order valence-electron chi connectivity index (χ2n) is 6.23. The molecule has 0 saturated heterocycles. The van der Waals surface area contributed by atoms with Crippen molar-refractivity contribution >= 4 is 50.4 Å². The molecule has 5 nitrogen and oxygen atoms in total. The number of hydrogen-bond acceptors (Lipinski definition) is 5. The van der Waals surface area contributed by atoms with Crippen LogP contribution in [0.25, 0.3) is 11.0 Å². The van der Waals surface area contributed by atoms with Crippen molar-refractivity contribution in [1.82, 2.24) is 0 Å². The predicted molar refractivity (Wildman–Crippen MR) is 107 cm³/mol. The minimum atomic E-state index is -0.458. The summed E-state index contributed by atoms with van der Waals surface area (Å²) in [5.74, 6) is -0.458. The molecule has 1 aromatic carbocycles. The van der Waals surface area contributed by atoms with Crippen molar-refractivity contribution < 1.29 is 9.21 Å². The molecule has 0 aliphatic heterocycles. The maximum absolute atomic E-state index is 12.1. The fourth-order valence-electron chi connectivity index (χ4n) is 3.31. The Hall–Kier alpha value is -2.51. The maximum atomic E-state index is 12.1. The summed E-state index contributed by atoms with van der Waals surface area (Å²) in [7, 11) is 0. The average Bonchev–Trinajstić information content (AvgIpc) is 2.99. The van der Waals surface area contributed by atoms with Crippen LogP contribution in [0.5, 0.6) is 0 Å². The zero-order valence-corrected chi connectivity index (χ0v) is 15.6. The van der Waals surface area contributed by atoms with Crippen LogP contribution < -0.4 is 17.0 Å². The summed E-state index contributed by atoms with van der Waals surface area (Å²) in [4.78, 5) is 18.1. The van der Waals surface area contributed by atoms with Crippen molar-refractivity contribution in [1.29, 1.82) is 0 Å². The Morgan fingerprint density at radius 3 is 2.73 bits per heavy atom. The van der Waals surface area contributed by atoms with Gasteiger partial charge in [-0.25, -0.2) is 4.99 Å². The number of thiocarbonyl (C=S) groups is 1. The molecule has 0 fully saturated rings. The highest BCUT2D eigenvalue weighted by atomic mass is 32.1. The molecule has 0 radical (unpaired) electrons. The van der Waals surface area contributed by atoms with Crippen molar-refractivity contribution in [2.45, 2.75) is 25.7 Å². The van der Waals surface area contributed by atoms with E-state index in [1.54, 1.807) is 0 Å². The van der Waals surface area contributed by atoms with Gasteiger partial charge in [-0.15, -0.1) is 11.3 Å². The molecule has 0 bridgehead atoms. The third kappa shape index (κ3) is 2.93. The van der Waals surface area contributed by atoms with Crippen LogP contribution in [0.15, 0.2) is 39.7 Å². The SMILES string of the molecule is NC(=O)c1c(/N=c2\oc3ccccc3cc2C(N)=S)sc2c1CCCC2. The number of amides is 1. The number of fused-ring (bicyclic) bond motifs is 2. The normalized spacial score (nSPS) is 14.4. The number of hydrogen-bond donors (Lipinski definition) is 2. The fourth-order valence-corrected chi connectivity index (χ4v) is 4.71. The molecule has 1 aliphatic rings. The van der Waals surface area contributed by atoms with Gasteiger partial charge in [0.2, 0.25) is 5.55 Å². The van der Waals surface area contributed by atoms with Gasteiger partial charge >= 0.3 is 0 Å². The Bertz CT molecular complexity index is 1110. The molecule has 4 rings (SSSR count). The number of aryl methyl sites for hydroxylation is 1. The van der Waals surface area contributed by atoms with Crippen LogP contribution in [-0.4, -0.2) is 10.9 Å². The third-order valence-corrected chi connectivity index (χ3v) is 5.93. The molecular formula is C19H17N3O2S2. The summed E-state index contributed by atoms with van der Waals surface area (Å²) in [5, 5.41) is 1.45. The number of para-hydroxylation sites is 1. The Balaban J connectivity index is 1.99. The van der Waals surface area contributed by atoms with Crippen LogP contribution >= 0.6 is 23.6 Å². The first kappa shape index (κ1) is 16.9. The molecule has 132 valence electrons. The molecule has 7 heteroatoms. The van der Waals surface area contributed by atoms with Gasteiger partial charge in [0.1, 0.15) is 15.6 Å². The van der Waals surface area contributed by atoms with Crippen molar-refractivity contribution in [3.8, 4) is 0 Å². The summed E-state index contributed by atoms with van der Waals surface area (Å²) in [6, 6.07) is 9.43. The van der Waals surface area contributed by atoms with Crippen LogP contribution in [0, 0.1) is 0 Å². The van der Waals surface area contributed by atoms with Gasteiger partial charge in [-0.2, -0.15) is 0 Å². The van der Waals surface area contributed by atoms with Gasteiger partial charge in [0.15, 0.2) is 0 Å². The summed E-state index contributed by atoms with van der Waals surface area (Å²) >= 11 is 6.67. The Morgan fingerprint density at radius 2 is 1.96 bits per heavy atom. The van der Waals surface area contributed by atoms with Gasteiger partial charge in [-0.1, -0.05) is 30.4 Å². The van der Waals surface area contributed by atoms with Gasteiger partial charge in [-0.3, -0.25) is 4.79 Å². The van der Waals surface area contributed by atoms with E-state index in [1.807, 2.05) is 30.3 Å². The maximum Gasteiger partial charge on any atom is 0.252 e. The minimum absolute atomic E-state index is 0.195. The third-order valence-electron chi connectivity index (χ3n) is 4.52. The monoisotopic (exact) mass is 383 g/mol. The summed E-state index contributed by atoms with van der Waals surface area (Å²) in [6.45, 7) is 0. The van der Waals surface area contributed by atoms with E-state index in [4.69, 9.17) is 28.1 Å². The molecule has 1 aliphatic carbocycles. The molecule has 2 heterocycles. The second-order valence-corrected chi connectivity index (χ2v) is 7.76. The van der Waals surface area contributed by atoms with Gasteiger partial charge in [0.05, 0.1) is 11.1 Å². The van der Waals surface area contributed by atoms with Crippen LogP contribution in [0.1, 0.15) is 39.2 Å². The number of nitrogens with zero attached hydrogens (tertiary/aromatic N) is 1. The zero-order chi connectivity index (χ0) is 18.3. The first-order valence-electron chi connectivity index (χ1n) is 8.36. The van der Waals surface area contributed by atoms with E-state index < -0.39 is 5.91 Å². The van der Waals surface area contributed by atoms with E-state index in [1.165, 1.54) is 16.2 Å². The molecule has 3 aromatic rings. The molecule has 1 amide bonds. The number of benzene rings is 1. The quantitative estimate of drug-likeness (QED) is 0.678. The largest absolute Gasteiger partial charge is 0.438 e. The lowest BCUT2D eigenvalue weighted by atomic mass is 9.95. The Kier molecular flexibility index (Phi) is 4.34. The molecule has 0 unspecified atom stereocenters. The smallest absolute Gasteiger partial charge is 0.252 e. The molecule has 2 aromatic heterocycles. The molecule has 0 saturated carbocycles. The van der Waals surface area contributed by atoms with E-state index in [9.17, 15) is 4.79 Å². The molecular weight excluding hydrogens is 366 g/mol. The van der Waals surface area contributed by atoms with Crippen molar-refractivity contribution in [2.24, 2.45) is 16.5 Å². The predicted octanol–water partition coefficient (Wildman–Crippen LogP) is 3.34. The van der Waals surface area contributed by atoms with Gasteiger partial charge in [0, 0.05) is 10.3 Å². The standard InChI is InChI=1S/C19H17N3O2S2/c20-16(23)15-11-6-2-4-8-14(11)26-19(15)22-18-12(17(21)25)9-10-5-1-3-7-13(10)24-18/h1,3,5,7,9H,2,4,6,8H2,(H2,20,23)(H2,21,25)/b22-18-. The van der Waals surface area contributed by atoms with E-state index in [0.717, 1.165) is 36.6 Å². The number of primary amides is 1. The van der Waals surface area contributed by atoms with E-state index in [-0.39, 0.29) is 4.99 Å². The van der Waals surface area contributed by atoms with E-state index >= 15 is 0 Å². The van der Waals surface area contributed by atoms with Crippen LogP contribution in [0.4, 0.5) is 5.00 Å². The van der Waals surface area contributed by atoms with Crippen molar-refractivity contribution in [3.05, 3.63) is 57.5 Å². The summed E-state index contributed by atoms with van der Waals surface area (Å²) in [6.07, 6.45) is 3.98. The first-order valence-corrected chi connectivity index (χ1v) is 9.59. The Labute approximate surface area is 159 Å². The van der Waals surface area contributed by atoms with E-state index in [2.05, 4.69) is 4.99 Å². The van der Waals surface area contributed by atoms with Crippen molar-refractivity contribution in [3.63, 3.8) is 0 Å². The lowest BCUT2D eigenvalue weighted by Gasteiger charge is -2.10. The molecule has 26 heavy (non-hydrogen) atoms. The number of rotatable bonds is 3. The van der Waals surface area contributed by atoms with Gasteiger partial charge in [-0.05, 0) is 43.4 Å². The van der Waals surface area contributed by atoms with Crippen LogP contribution in [0.3, 0.4) is 0 Å². The highest BCUT2D eigenvalue weighted by Crippen LogP contribution is 2.39. The number of carbonyl (C=O) groups excluding carboxylic acids is 1. The lowest BCUT2D eigenvalue weighted by Crippen LogP contribution is -2.21. The van der Waals surface area contributed by atoms with Crippen LogP contribution in [-0.2, 0) is 12.8 Å². The van der Waals surface area contributed by atoms with E-state index in [0.29, 0.717) is 27.3 Å². The lowest BCUT2D eigenvalue weighted by molar-refractivity contribution is 0.1000. The number of thiophene rings is 1. The van der Waals surface area contributed by atoms with Gasteiger partial charge in [0.25, 0.3) is 5.91 Å². The number of carbonyl (C=O) groups is 1. The minimum Gasteiger partial charge on any atom is -0.438 e. The van der Waals surface area contributed by atoms with Crippen LogP contribution in [0.2, 0.25) is 0 Å².